The monoisotopic (exact) mass is 390 g/mol. The molecule has 3 aromatic rings. The SMILES string of the molecule is NCc1cccc(C2CCN(C(=O)c3cccc4cc(CO)c(O)cc34)CC2)c1. The Labute approximate surface area is 170 Å². The van der Waals surface area contributed by atoms with Crippen LogP contribution in [0.2, 0.25) is 0 Å². The van der Waals surface area contributed by atoms with Gasteiger partial charge in [-0.1, -0.05) is 36.4 Å². The summed E-state index contributed by atoms with van der Waals surface area (Å²) in [6.07, 6.45) is 1.84. The van der Waals surface area contributed by atoms with E-state index in [9.17, 15) is 15.0 Å². The molecule has 0 radical (unpaired) electrons. The molecule has 1 aliphatic rings. The summed E-state index contributed by atoms with van der Waals surface area (Å²) in [5, 5.41) is 21.1. The first kappa shape index (κ1) is 19.4. The van der Waals surface area contributed by atoms with Gasteiger partial charge in [0.05, 0.1) is 6.61 Å². The fourth-order valence-electron chi connectivity index (χ4n) is 4.23. The van der Waals surface area contributed by atoms with Crippen molar-refractivity contribution in [3.8, 4) is 5.75 Å². The van der Waals surface area contributed by atoms with Crippen molar-refractivity contribution in [2.45, 2.75) is 31.9 Å². The van der Waals surface area contributed by atoms with Crippen molar-refractivity contribution in [1.29, 1.82) is 0 Å². The van der Waals surface area contributed by atoms with Crippen LogP contribution in [0.4, 0.5) is 0 Å². The number of phenols is 1. The van der Waals surface area contributed by atoms with Gasteiger partial charge in [-0.05, 0) is 58.9 Å². The number of piperidine rings is 1. The van der Waals surface area contributed by atoms with E-state index in [2.05, 4.69) is 18.2 Å². The number of carbonyl (C=O) groups is 1. The van der Waals surface area contributed by atoms with Crippen LogP contribution >= 0.6 is 0 Å². The predicted molar refractivity (Wildman–Crippen MR) is 114 cm³/mol. The highest BCUT2D eigenvalue weighted by atomic mass is 16.3. The zero-order valence-corrected chi connectivity index (χ0v) is 16.3. The fourth-order valence-corrected chi connectivity index (χ4v) is 4.23. The first-order valence-corrected chi connectivity index (χ1v) is 10.0. The molecule has 0 saturated carbocycles. The lowest BCUT2D eigenvalue weighted by atomic mass is 9.88. The Morgan fingerprint density at radius 3 is 2.55 bits per heavy atom. The minimum atomic E-state index is -0.237. The zero-order chi connectivity index (χ0) is 20.4. The average molecular weight is 390 g/mol. The van der Waals surface area contributed by atoms with Gasteiger partial charge in [-0.15, -0.1) is 0 Å². The Balaban J connectivity index is 1.53. The standard InChI is InChI=1S/C24H26N2O3/c25-14-16-3-1-4-18(11-16)17-7-9-26(10-8-17)24(29)21-6-2-5-19-12-20(15-27)23(28)13-22(19)21/h1-6,11-13,17,27-28H,7-10,14-15,25H2. The molecule has 150 valence electrons. The maximum Gasteiger partial charge on any atom is 0.254 e. The molecule has 5 nitrogen and oxygen atoms in total. The lowest BCUT2D eigenvalue weighted by Crippen LogP contribution is -2.38. The number of aliphatic hydroxyl groups excluding tert-OH is 1. The van der Waals surface area contributed by atoms with E-state index in [-0.39, 0.29) is 18.3 Å². The molecule has 5 heteroatoms. The molecule has 0 spiro atoms. The molecule has 29 heavy (non-hydrogen) atoms. The second-order valence-corrected chi connectivity index (χ2v) is 7.68. The van der Waals surface area contributed by atoms with Gasteiger partial charge in [-0.25, -0.2) is 0 Å². The molecule has 1 aliphatic heterocycles. The van der Waals surface area contributed by atoms with E-state index in [1.807, 2.05) is 23.1 Å². The Hall–Kier alpha value is -2.89. The van der Waals surface area contributed by atoms with E-state index in [1.54, 1.807) is 18.2 Å². The summed E-state index contributed by atoms with van der Waals surface area (Å²) in [5.41, 5.74) is 9.25. The van der Waals surface area contributed by atoms with Crippen LogP contribution in [0.25, 0.3) is 10.8 Å². The summed E-state index contributed by atoms with van der Waals surface area (Å²) in [6, 6.07) is 17.3. The van der Waals surface area contributed by atoms with Gasteiger partial charge in [0.15, 0.2) is 0 Å². The highest BCUT2D eigenvalue weighted by Crippen LogP contribution is 2.32. The van der Waals surface area contributed by atoms with Crippen molar-refractivity contribution in [3.63, 3.8) is 0 Å². The molecule has 1 fully saturated rings. The second kappa shape index (κ2) is 8.23. The normalized spacial score (nSPS) is 15.0. The lowest BCUT2D eigenvalue weighted by molar-refractivity contribution is 0.0715. The first-order valence-electron chi connectivity index (χ1n) is 10.0. The first-order chi connectivity index (χ1) is 14.1. The van der Waals surface area contributed by atoms with Gasteiger partial charge in [0, 0.05) is 30.8 Å². The number of benzene rings is 3. The van der Waals surface area contributed by atoms with E-state index in [0.29, 0.717) is 42.1 Å². The number of rotatable bonds is 4. The number of likely N-dealkylation sites (tertiary alicyclic amines) is 1. The third kappa shape index (κ3) is 3.84. The van der Waals surface area contributed by atoms with E-state index in [0.717, 1.165) is 23.8 Å². The molecule has 4 rings (SSSR count). The zero-order valence-electron chi connectivity index (χ0n) is 16.3. The van der Waals surface area contributed by atoms with Crippen molar-refractivity contribution in [1.82, 2.24) is 4.90 Å². The minimum Gasteiger partial charge on any atom is -0.508 e. The topological polar surface area (TPSA) is 86.8 Å². The number of aliphatic hydroxyl groups is 1. The number of nitrogens with two attached hydrogens (primary N) is 1. The summed E-state index contributed by atoms with van der Waals surface area (Å²) in [7, 11) is 0. The molecule has 0 bridgehead atoms. The highest BCUT2D eigenvalue weighted by Gasteiger charge is 2.25. The quantitative estimate of drug-likeness (QED) is 0.636. The van der Waals surface area contributed by atoms with Crippen molar-refractivity contribution in [3.05, 3.63) is 76.9 Å². The van der Waals surface area contributed by atoms with Gasteiger partial charge in [0.1, 0.15) is 5.75 Å². The molecular weight excluding hydrogens is 364 g/mol. The van der Waals surface area contributed by atoms with Gasteiger partial charge in [0.25, 0.3) is 5.91 Å². The number of hydrogen-bond donors (Lipinski definition) is 3. The van der Waals surface area contributed by atoms with Gasteiger partial charge in [-0.2, -0.15) is 0 Å². The van der Waals surface area contributed by atoms with Crippen LogP contribution in [0.1, 0.15) is 45.8 Å². The van der Waals surface area contributed by atoms with Crippen LogP contribution in [-0.4, -0.2) is 34.1 Å². The van der Waals surface area contributed by atoms with Crippen LogP contribution in [0, 0.1) is 0 Å². The van der Waals surface area contributed by atoms with E-state index in [1.165, 1.54) is 5.56 Å². The largest absolute Gasteiger partial charge is 0.508 e. The predicted octanol–water partition coefficient (Wildman–Crippen LogP) is 3.52. The Morgan fingerprint density at radius 2 is 1.83 bits per heavy atom. The third-order valence-electron chi connectivity index (χ3n) is 5.92. The Morgan fingerprint density at radius 1 is 1.07 bits per heavy atom. The van der Waals surface area contributed by atoms with Crippen LogP contribution in [-0.2, 0) is 13.2 Å². The van der Waals surface area contributed by atoms with Gasteiger partial charge in [0.2, 0.25) is 0 Å². The van der Waals surface area contributed by atoms with Crippen molar-refractivity contribution in [2.75, 3.05) is 13.1 Å². The fraction of sp³-hybridized carbons (Fsp3) is 0.292. The molecule has 0 unspecified atom stereocenters. The summed E-state index contributed by atoms with van der Waals surface area (Å²) < 4.78 is 0. The summed E-state index contributed by atoms with van der Waals surface area (Å²) >= 11 is 0. The highest BCUT2D eigenvalue weighted by molar-refractivity contribution is 6.07. The van der Waals surface area contributed by atoms with E-state index >= 15 is 0 Å². The number of amides is 1. The molecule has 0 aromatic heterocycles. The number of fused-ring (bicyclic) bond motifs is 1. The second-order valence-electron chi connectivity index (χ2n) is 7.68. The maximum atomic E-state index is 13.2. The Kier molecular flexibility index (Phi) is 5.51. The summed E-state index contributed by atoms with van der Waals surface area (Å²) in [4.78, 5) is 15.1. The molecule has 1 saturated heterocycles. The number of aromatic hydroxyl groups is 1. The van der Waals surface area contributed by atoms with Crippen molar-refractivity contribution >= 4 is 16.7 Å². The molecular formula is C24H26N2O3. The molecule has 4 N–H and O–H groups in total. The number of hydrogen-bond acceptors (Lipinski definition) is 4. The third-order valence-corrected chi connectivity index (χ3v) is 5.92. The lowest BCUT2D eigenvalue weighted by Gasteiger charge is -2.32. The van der Waals surface area contributed by atoms with Crippen LogP contribution in [0.15, 0.2) is 54.6 Å². The van der Waals surface area contributed by atoms with E-state index in [4.69, 9.17) is 5.73 Å². The molecule has 1 heterocycles. The minimum absolute atomic E-state index is 0.0127. The summed E-state index contributed by atoms with van der Waals surface area (Å²) in [6.45, 7) is 1.71. The van der Waals surface area contributed by atoms with E-state index < -0.39 is 0 Å². The van der Waals surface area contributed by atoms with Gasteiger partial charge >= 0.3 is 0 Å². The van der Waals surface area contributed by atoms with Crippen LogP contribution in [0.3, 0.4) is 0 Å². The molecule has 3 aromatic carbocycles. The smallest absolute Gasteiger partial charge is 0.254 e. The number of nitrogens with zero attached hydrogens (tertiary/aromatic N) is 1. The summed E-state index contributed by atoms with van der Waals surface area (Å²) in [5.74, 6) is 0.439. The molecule has 0 aliphatic carbocycles. The van der Waals surface area contributed by atoms with Gasteiger partial charge in [-0.3, -0.25) is 4.79 Å². The van der Waals surface area contributed by atoms with Crippen molar-refractivity contribution < 1.29 is 15.0 Å². The molecule has 0 atom stereocenters. The Bertz CT molecular complexity index is 1040. The molecule has 1 amide bonds. The van der Waals surface area contributed by atoms with Crippen LogP contribution in [0.5, 0.6) is 5.75 Å². The van der Waals surface area contributed by atoms with Gasteiger partial charge < -0.3 is 20.8 Å². The number of carbonyl (C=O) groups excluding carboxylic acids is 1. The van der Waals surface area contributed by atoms with Crippen LogP contribution < -0.4 is 5.73 Å². The maximum absolute atomic E-state index is 13.2. The van der Waals surface area contributed by atoms with Crippen molar-refractivity contribution in [2.24, 2.45) is 5.73 Å². The average Bonchev–Trinajstić information content (AvgIpc) is 2.78.